The smallest absolute Gasteiger partial charge is 0.239 e. The molecule has 7 heteroatoms. The first kappa shape index (κ1) is 23.8. The molecule has 172 valence electrons. The highest BCUT2D eigenvalue weighted by Crippen LogP contribution is 2.24. The molecule has 7 nitrogen and oxygen atoms in total. The second-order valence-corrected chi connectivity index (χ2v) is 8.33. The van der Waals surface area contributed by atoms with Crippen molar-refractivity contribution in [2.75, 3.05) is 38.2 Å². The van der Waals surface area contributed by atoms with Gasteiger partial charge in [-0.05, 0) is 42.7 Å². The summed E-state index contributed by atoms with van der Waals surface area (Å²) in [4.78, 5) is 31.3. The number of hydrogen-bond donors (Lipinski definition) is 1. The fraction of sp³-hybridized carbons (Fsp3) is 0.440. The van der Waals surface area contributed by atoms with Gasteiger partial charge in [-0.1, -0.05) is 30.3 Å². The summed E-state index contributed by atoms with van der Waals surface area (Å²) >= 11 is 0. The van der Waals surface area contributed by atoms with Crippen LogP contribution in [0.15, 0.2) is 48.5 Å². The van der Waals surface area contributed by atoms with Gasteiger partial charge >= 0.3 is 0 Å². The van der Waals surface area contributed by atoms with Gasteiger partial charge in [0.05, 0.1) is 13.2 Å². The Morgan fingerprint density at radius 3 is 2.56 bits per heavy atom. The second kappa shape index (κ2) is 11.1. The molecule has 1 aliphatic heterocycles. The van der Waals surface area contributed by atoms with Gasteiger partial charge in [-0.2, -0.15) is 0 Å². The van der Waals surface area contributed by atoms with Crippen LogP contribution in [-0.4, -0.2) is 60.9 Å². The number of nitrogens with two attached hydrogens (primary N) is 1. The van der Waals surface area contributed by atoms with Crippen LogP contribution in [0.4, 0.5) is 5.69 Å². The van der Waals surface area contributed by atoms with E-state index in [0.29, 0.717) is 19.6 Å². The predicted molar refractivity (Wildman–Crippen MR) is 126 cm³/mol. The van der Waals surface area contributed by atoms with Crippen molar-refractivity contribution in [1.29, 1.82) is 0 Å². The molecule has 3 rings (SSSR count). The largest absolute Gasteiger partial charge is 0.497 e. The lowest BCUT2D eigenvalue weighted by Crippen LogP contribution is -2.45. The molecule has 2 aromatic carbocycles. The molecule has 0 unspecified atom stereocenters. The Labute approximate surface area is 190 Å². The Kier molecular flexibility index (Phi) is 8.25. The Morgan fingerprint density at radius 2 is 1.84 bits per heavy atom. The first-order chi connectivity index (χ1) is 15.4. The molecule has 0 bridgehead atoms. The third-order valence-corrected chi connectivity index (χ3v) is 5.81. The number of amides is 2. The zero-order valence-electron chi connectivity index (χ0n) is 19.3. The Balaban J connectivity index is 1.89. The number of benzene rings is 2. The molecule has 0 aromatic heterocycles. The number of ether oxygens (including phenoxy) is 1. The number of carbonyl (C=O) groups is 2. The molecular formula is C25H34N4O3. The Morgan fingerprint density at radius 1 is 1.06 bits per heavy atom. The molecule has 0 radical (unpaired) electrons. The number of hydrogen-bond acceptors (Lipinski definition) is 5. The number of anilines is 1. The van der Waals surface area contributed by atoms with Crippen molar-refractivity contribution in [2.45, 2.75) is 39.4 Å². The van der Waals surface area contributed by atoms with Crippen LogP contribution in [0.3, 0.4) is 0 Å². The number of para-hydroxylation sites is 1. The molecule has 1 atom stereocenters. The highest BCUT2D eigenvalue weighted by atomic mass is 16.5. The van der Waals surface area contributed by atoms with Gasteiger partial charge in [-0.3, -0.25) is 14.5 Å². The fourth-order valence-corrected chi connectivity index (χ4v) is 4.13. The molecule has 2 amide bonds. The summed E-state index contributed by atoms with van der Waals surface area (Å²) in [6.07, 6.45) is 0.832. The van der Waals surface area contributed by atoms with Crippen molar-refractivity contribution >= 4 is 17.5 Å². The maximum Gasteiger partial charge on any atom is 0.239 e. The molecule has 1 heterocycles. The molecule has 2 aromatic rings. The van der Waals surface area contributed by atoms with Crippen LogP contribution in [0, 0.1) is 0 Å². The molecular weight excluding hydrogens is 404 g/mol. The molecule has 1 aliphatic rings. The van der Waals surface area contributed by atoms with Crippen LogP contribution in [0.1, 0.15) is 31.4 Å². The normalized spacial score (nSPS) is 16.6. The minimum absolute atomic E-state index is 0.00103. The quantitative estimate of drug-likeness (QED) is 0.794. The van der Waals surface area contributed by atoms with Gasteiger partial charge < -0.3 is 20.3 Å². The number of nitrogens with zero attached hydrogens (tertiary/aromatic N) is 3. The van der Waals surface area contributed by atoms with E-state index in [1.807, 2.05) is 52.3 Å². The van der Waals surface area contributed by atoms with E-state index in [0.717, 1.165) is 48.6 Å². The lowest BCUT2D eigenvalue weighted by molar-refractivity contribution is -0.133. The number of rotatable bonds is 4. The Hall–Kier alpha value is -2.90. The van der Waals surface area contributed by atoms with Crippen molar-refractivity contribution in [3.63, 3.8) is 0 Å². The highest BCUT2D eigenvalue weighted by Gasteiger charge is 2.23. The van der Waals surface area contributed by atoms with Crippen LogP contribution in [0.2, 0.25) is 0 Å². The second-order valence-electron chi connectivity index (χ2n) is 8.33. The average molecular weight is 439 g/mol. The summed E-state index contributed by atoms with van der Waals surface area (Å²) in [6.45, 7) is 7.20. The number of methoxy groups -OCH3 is 1. The third kappa shape index (κ3) is 6.08. The van der Waals surface area contributed by atoms with Crippen LogP contribution >= 0.6 is 0 Å². The molecule has 0 saturated carbocycles. The van der Waals surface area contributed by atoms with Gasteiger partial charge in [-0.25, -0.2) is 0 Å². The topological polar surface area (TPSA) is 79.1 Å². The Bertz CT molecular complexity index is 931. The van der Waals surface area contributed by atoms with Crippen LogP contribution in [0.25, 0.3) is 0 Å². The van der Waals surface area contributed by atoms with E-state index in [-0.39, 0.29) is 11.8 Å². The first-order valence-corrected chi connectivity index (χ1v) is 11.1. The molecule has 2 N–H and O–H groups in total. The summed E-state index contributed by atoms with van der Waals surface area (Å²) in [7, 11) is 1.66. The van der Waals surface area contributed by atoms with E-state index in [1.54, 1.807) is 21.0 Å². The van der Waals surface area contributed by atoms with E-state index in [9.17, 15) is 9.59 Å². The summed E-state index contributed by atoms with van der Waals surface area (Å²) in [5.74, 6) is 0.739. The van der Waals surface area contributed by atoms with E-state index in [4.69, 9.17) is 10.5 Å². The molecule has 0 fully saturated rings. The van der Waals surface area contributed by atoms with Gasteiger partial charge in [0.2, 0.25) is 11.8 Å². The van der Waals surface area contributed by atoms with Crippen LogP contribution in [0.5, 0.6) is 5.75 Å². The third-order valence-electron chi connectivity index (χ3n) is 5.81. The maximum absolute atomic E-state index is 12.9. The zero-order valence-corrected chi connectivity index (χ0v) is 19.3. The minimum atomic E-state index is -0.581. The van der Waals surface area contributed by atoms with E-state index < -0.39 is 6.04 Å². The summed E-state index contributed by atoms with van der Waals surface area (Å²) in [5.41, 5.74) is 8.93. The van der Waals surface area contributed by atoms with Crippen molar-refractivity contribution in [1.82, 2.24) is 9.80 Å². The molecule has 0 aliphatic carbocycles. The summed E-state index contributed by atoms with van der Waals surface area (Å²) in [6, 6.07) is 15.3. The van der Waals surface area contributed by atoms with Gasteiger partial charge in [0.1, 0.15) is 5.75 Å². The maximum atomic E-state index is 12.9. The zero-order chi connectivity index (χ0) is 23.1. The summed E-state index contributed by atoms with van der Waals surface area (Å²) < 4.78 is 5.36. The van der Waals surface area contributed by atoms with Crippen molar-refractivity contribution in [3.05, 3.63) is 59.7 Å². The van der Waals surface area contributed by atoms with Crippen LogP contribution in [-0.2, 0) is 22.7 Å². The van der Waals surface area contributed by atoms with E-state index in [2.05, 4.69) is 11.0 Å². The van der Waals surface area contributed by atoms with Gasteiger partial charge in [0.15, 0.2) is 0 Å². The van der Waals surface area contributed by atoms with Crippen LogP contribution < -0.4 is 15.4 Å². The van der Waals surface area contributed by atoms with Crippen molar-refractivity contribution < 1.29 is 14.3 Å². The van der Waals surface area contributed by atoms with Crippen molar-refractivity contribution in [2.24, 2.45) is 5.73 Å². The van der Waals surface area contributed by atoms with Gasteiger partial charge in [-0.15, -0.1) is 0 Å². The monoisotopic (exact) mass is 438 g/mol. The average Bonchev–Trinajstić information content (AvgIpc) is 2.81. The first-order valence-electron chi connectivity index (χ1n) is 11.1. The number of carbonyl (C=O) groups excluding carboxylic acids is 2. The summed E-state index contributed by atoms with van der Waals surface area (Å²) in [5, 5.41) is 0. The fourth-order valence-electron chi connectivity index (χ4n) is 4.13. The number of fused-ring (bicyclic) bond motifs is 1. The predicted octanol–water partition coefficient (Wildman–Crippen LogP) is 2.63. The molecule has 0 spiro atoms. The van der Waals surface area contributed by atoms with E-state index in [1.165, 1.54) is 0 Å². The molecule has 0 saturated heterocycles. The lowest BCUT2D eigenvalue weighted by atomic mass is 10.1. The standard InChI is InChI=1S/C25H34N4O3/c1-19(26)25(31)28-15-14-27(17-21-8-6-10-23(16-21)32-3)12-7-13-29(20(2)30)24-11-5-4-9-22(24)18-28/h4-6,8-11,16,19H,7,12-15,17-18,26H2,1-3H3/t19-/m1/s1. The lowest BCUT2D eigenvalue weighted by Gasteiger charge is -2.29. The van der Waals surface area contributed by atoms with Gasteiger partial charge in [0, 0.05) is 51.9 Å². The van der Waals surface area contributed by atoms with Crippen molar-refractivity contribution in [3.8, 4) is 5.75 Å². The van der Waals surface area contributed by atoms with E-state index >= 15 is 0 Å². The van der Waals surface area contributed by atoms with Gasteiger partial charge in [0.25, 0.3) is 0 Å². The SMILES string of the molecule is COc1cccc(CN2CCCN(C(C)=O)c3ccccc3CN(C(=O)[C@@H](C)N)CC2)c1. The minimum Gasteiger partial charge on any atom is -0.497 e. The molecule has 32 heavy (non-hydrogen) atoms. The highest BCUT2D eigenvalue weighted by molar-refractivity contribution is 5.92.